The van der Waals surface area contributed by atoms with Crippen molar-refractivity contribution in [1.29, 1.82) is 0 Å². The number of rotatable bonds is 5. The van der Waals surface area contributed by atoms with E-state index in [1.165, 1.54) is 0 Å². The molecule has 0 atom stereocenters. The summed E-state index contributed by atoms with van der Waals surface area (Å²) in [7, 11) is 0. The van der Waals surface area contributed by atoms with Gasteiger partial charge in [0.15, 0.2) is 11.7 Å². The molecule has 0 aliphatic heterocycles. The Balaban J connectivity index is 1.89. The standard InChI is InChI=1S/C18H19ClN2O3S/c1-3-12-5-6-15(22)14(9-12)20-18(25)21-17(23)10-24-16-7-4-11(2)8-13(16)19/h4-9,22H,3,10H2,1-2H3,(H2,20,21,23,25). The lowest BCUT2D eigenvalue weighted by Crippen LogP contribution is -2.37. The topological polar surface area (TPSA) is 70.6 Å². The number of hydrogen-bond donors (Lipinski definition) is 3. The quantitative estimate of drug-likeness (QED) is 0.545. The lowest BCUT2D eigenvalue weighted by molar-refractivity contribution is -0.121. The molecular weight excluding hydrogens is 360 g/mol. The maximum atomic E-state index is 11.9. The first kappa shape index (κ1) is 19.0. The second-order valence-corrected chi connectivity index (χ2v) is 6.25. The van der Waals surface area contributed by atoms with Crippen LogP contribution >= 0.6 is 23.8 Å². The van der Waals surface area contributed by atoms with E-state index < -0.39 is 5.91 Å². The van der Waals surface area contributed by atoms with Gasteiger partial charge in [-0.3, -0.25) is 10.1 Å². The molecule has 0 radical (unpaired) electrons. The van der Waals surface area contributed by atoms with Crippen molar-refractivity contribution in [3.8, 4) is 11.5 Å². The molecule has 2 aromatic carbocycles. The molecule has 0 aromatic heterocycles. The first-order chi connectivity index (χ1) is 11.9. The fourth-order valence-corrected chi connectivity index (χ4v) is 2.60. The van der Waals surface area contributed by atoms with E-state index in [9.17, 15) is 9.90 Å². The number of anilines is 1. The highest BCUT2D eigenvalue weighted by Gasteiger charge is 2.10. The van der Waals surface area contributed by atoms with E-state index in [4.69, 9.17) is 28.6 Å². The predicted molar refractivity (Wildman–Crippen MR) is 104 cm³/mol. The number of benzene rings is 2. The number of halogens is 1. The molecular formula is C18H19ClN2O3S. The SMILES string of the molecule is CCc1ccc(O)c(NC(=S)NC(=O)COc2ccc(C)cc2Cl)c1. The molecule has 2 rings (SSSR count). The van der Waals surface area contributed by atoms with Crippen molar-refractivity contribution in [2.24, 2.45) is 0 Å². The molecule has 0 spiro atoms. The van der Waals surface area contributed by atoms with Gasteiger partial charge in [0, 0.05) is 0 Å². The average Bonchev–Trinajstić information content (AvgIpc) is 2.56. The normalized spacial score (nSPS) is 10.2. The van der Waals surface area contributed by atoms with Crippen LogP contribution < -0.4 is 15.4 Å². The van der Waals surface area contributed by atoms with Crippen LogP contribution in [-0.2, 0) is 11.2 Å². The van der Waals surface area contributed by atoms with Gasteiger partial charge in [-0.1, -0.05) is 30.7 Å². The second-order valence-electron chi connectivity index (χ2n) is 5.43. The molecule has 3 N–H and O–H groups in total. The van der Waals surface area contributed by atoms with Crippen LogP contribution in [0.2, 0.25) is 5.02 Å². The molecule has 25 heavy (non-hydrogen) atoms. The van der Waals surface area contributed by atoms with Gasteiger partial charge in [0.25, 0.3) is 5.91 Å². The number of carbonyl (C=O) groups excluding carboxylic acids is 1. The van der Waals surface area contributed by atoms with Crippen LogP contribution in [0, 0.1) is 6.92 Å². The lowest BCUT2D eigenvalue weighted by atomic mass is 10.1. The zero-order valence-electron chi connectivity index (χ0n) is 13.9. The molecule has 0 fully saturated rings. The van der Waals surface area contributed by atoms with Gasteiger partial charge in [0.05, 0.1) is 10.7 Å². The number of aromatic hydroxyl groups is 1. The lowest BCUT2D eigenvalue weighted by Gasteiger charge is -2.13. The van der Waals surface area contributed by atoms with Gasteiger partial charge in [-0.15, -0.1) is 0 Å². The van der Waals surface area contributed by atoms with Crippen LogP contribution in [0.1, 0.15) is 18.1 Å². The summed E-state index contributed by atoms with van der Waals surface area (Å²) in [6.07, 6.45) is 0.819. The minimum absolute atomic E-state index is 0.0523. The number of amides is 1. The van der Waals surface area contributed by atoms with Gasteiger partial charge >= 0.3 is 0 Å². The summed E-state index contributed by atoms with van der Waals surface area (Å²) in [4.78, 5) is 11.9. The van der Waals surface area contributed by atoms with Gasteiger partial charge in [0.1, 0.15) is 11.5 Å². The highest BCUT2D eigenvalue weighted by molar-refractivity contribution is 7.80. The van der Waals surface area contributed by atoms with Crippen molar-refractivity contribution in [2.75, 3.05) is 11.9 Å². The first-order valence-corrected chi connectivity index (χ1v) is 8.49. The van der Waals surface area contributed by atoms with Crippen molar-refractivity contribution >= 4 is 40.5 Å². The molecule has 0 saturated heterocycles. The second kappa shape index (κ2) is 8.69. The molecule has 0 heterocycles. The summed E-state index contributed by atoms with van der Waals surface area (Å²) < 4.78 is 5.38. The minimum Gasteiger partial charge on any atom is -0.506 e. The number of phenols is 1. The Hall–Kier alpha value is -2.31. The van der Waals surface area contributed by atoms with Crippen LogP contribution in [0.15, 0.2) is 36.4 Å². The van der Waals surface area contributed by atoms with Gasteiger partial charge in [-0.05, 0) is 61.0 Å². The van der Waals surface area contributed by atoms with Crippen molar-refractivity contribution in [1.82, 2.24) is 5.32 Å². The Morgan fingerprint density at radius 3 is 2.72 bits per heavy atom. The molecule has 2 aromatic rings. The number of thiocarbonyl (C=S) groups is 1. The van der Waals surface area contributed by atoms with E-state index >= 15 is 0 Å². The van der Waals surface area contributed by atoms with E-state index in [0.717, 1.165) is 17.5 Å². The van der Waals surface area contributed by atoms with Crippen LogP contribution in [-0.4, -0.2) is 22.7 Å². The van der Waals surface area contributed by atoms with Crippen LogP contribution in [0.3, 0.4) is 0 Å². The highest BCUT2D eigenvalue weighted by atomic mass is 35.5. The Labute approximate surface area is 157 Å². The first-order valence-electron chi connectivity index (χ1n) is 7.70. The Morgan fingerprint density at radius 2 is 2.04 bits per heavy atom. The smallest absolute Gasteiger partial charge is 0.264 e. The van der Waals surface area contributed by atoms with E-state index in [1.54, 1.807) is 24.3 Å². The van der Waals surface area contributed by atoms with Crippen molar-refractivity contribution in [3.05, 3.63) is 52.5 Å². The van der Waals surface area contributed by atoms with Crippen molar-refractivity contribution < 1.29 is 14.6 Å². The van der Waals surface area contributed by atoms with Crippen LogP contribution in [0.25, 0.3) is 0 Å². The molecule has 0 aliphatic rings. The van der Waals surface area contributed by atoms with Crippen LogP contribution in [0.5, 0.6) is 11.5 Å². The molecule has 0 unspecified atom stereocenters. The largest absolute Gasteiger partial charge is 0.506 e. The highest BCUT2D eigenvalue weighted by Crippen LogP contribution is 2.25. The average molecular weight is 379 g/mol. The zero-order valence-corrected chi connectivity index (χ0v) is 15.5. The summed E-state index contributed by atoms with van der Waals surface area (Å²) in [6.45, 7) is 3.69. The molecule has 5 nitrogen and oxygen atoms in total. The minimum atomic E-state index is -0.430. The number of phenolic OH excluding ortho intramolecular Hbond substituents is 1. The van der Waals surface area contributed by atoms with Crippen molar-refractivity contribution in [2.45, 2.75) is 20.3 Å². The number of nitrogens with one attached hydrogen (secondary N) is 2. The van der Waals surface area contributed by atoms with Gasteiger partial charge in [-0.25, -0.2) is 0 Å². The summed E-state index contributed by atoms with van der Waals surface area (Å²) in [5.74, 6) is 0.0475. The number of aryl methyl sites for hydroxylation is 2. The maximum absolute atomic E-state index is 11.9. The van der Waals surface area contributed by atoms with Gasteiger partial charge in [0.2, 0.25) is 0 Å². The third kappa shape index (κ3) is 5.62. The summed E-state index contributed by atoms with van der Waals surface area (Å²) in [6, 6.07) is 10.5. The van der Waals surface area contributed by atoms with E-state index in [-0.39, 0.29) is 17.5 Å². The third-order valence-electron chi connectivity index (χ3n) is 3.42. The Morgan fingerprint density at radius 1 is 1.28 bits per heavy atom. The third-order valence-corrected chi connectivity index (χ3v) is 3.92. The zero-order chi connectivity index (χ0) is 18.4. The van der Waals surface area contributed by atoms with Gasteiger partial charge in [-0.2, -0.15) is 0 Å². The Bertz CT molecular complexity index is 796. The number of carbonyl (C=O) groups is 1. The Kier molecular flexibility index (Phi) is 6.61. The number of hydrogen-bond acceptors (Lipinski definition) is 4. The summed E-state index contributed by atoms with van der Waals surface area (Å²) >= 11 is 11.1. The fraction of sp³-hybridized carbons (Fsp3) is 0.222. The molecule has 7 heteroatoms. The fourth-order valence-electron chi connectivity index (χ4n) is 2.09. The molecule has 1 amide bonds. The molecule has 132 valence electrons. The summed E-state index contributed by atoms with van der Waals surface area (Å²) in [5, 5.41) is 15.7. The van der Waals surface area contributed by atoms with Crippen LogP contribution in [0.4, 0.5) is 5.69 Å². The molecule has 0 aliphatic carbocycles. The van der Waals surface area contributed by atoms with E-state index in [1.807, 2.05) is 26.0 Å². The molecule has 0 saturated carbocycles. The monoisotopic (exact) mass is 378 g/mol. The van der Waals surface area contributed by atoms with E-state index in [0.29, 0.717) is 16.5 Å². The molecule has 0 bridgehead atoms. The predicted octanol–water partition coefficient (Wildman–Crippen LogP) is 3.81. The van der Waals surface area contributed by atoms with Crippen molar-refractivity contribution in [3.63, 3.8) is 0 Å². The summed E-state index contributed by atoms with van der Waals surface area (Å²) in [5.41, 5.74) is 2.47. The maximum Gasteiger partial charge on any atom is 0.264 e. The van der Waals surface area contributed by atoms with E-state index in [2.05, 4.69) is 10.6 Å². The van der Waals surface area contributed by atoms with Gasteiger partial charge < -0.3 is 15.2 Å². The number of ether oxygens (including phenoxy) is 1.